The Balaban J connectivity index is 2.13. The average Bonchev–Trinajstić information content (AvgIpc) is 2.87. The van der Waals surface area contributed by atoms with Gasteiger partial charge in [-0.3, -0.25) is 4.79 Å². The Hall–Kier alpha value is -1.08. The maximum absolute atomic E-state index is 11.9. The molecule has 0 aliphatic carbocycles. The Morgan fingerprint density at radius 3 is 2.88 bits per heavy atom. The number of hydrogen-bond acceptors (Lipinski definition) is 5. The predicted octanol–water partition coefficient (Wildman–Crippen LogP) is 1.98. The Morgan fingerprint density at radius 1 is 1.53 bits per heavy atom. The van der Waals surface area contributed by atoms with Crippen molar-refractivity contribution in [3.63, 3.8) is 0 Å². The number of nitrogens with zero attached hydrogens (tertiary/aromatic N) is 1. The SMILES string of the molecule is Cc1nsc(NC(=O)C2CCCS2)c1C(=O)O. The van der Waals surface area contributed by atoms with E-state index in [0.29, 0.717) is 10.7 Å². The number of rotatable bonds is 3. The molecule has 1 fully saturated rings. The van der Waals surface area contributed by atoms with Crippen LogP contribution < -0.4 is 5.32 Å². The van der Waals surface area contributed by atoms with Crippen molar-refractivity contribution in [2.75, 3.05) is 11.1 Å². The Labute approximate surface area is 107 Å². The third-order valence-corrected chi connectivity index (χ3v) is 4.77. The van der Waals surface area contributed by atoms with Gasteiger partial charge in [-0.2, -0.15) is 4.37 Å². The fraction of sp³-hybridized carbons (Fsp3) is 0.500. The molecule has 1 aliphatic heterocycles. The highest BCUT2D eigenvalue weighted by Gasteiger charge is 2.26. The molecule has 1 amide bonds. The topological polar surface area (TPSA) is 79.3 Å². The maximum atomic E-state index is 11.9. The highest BCUT2D eigenvalue weighted by Crippen LogP contribution is 2.29. The van der Waals surface area contributed by atoms with Crippen LogP contribution in [0, 0.1) is 6.92 Å². The Bertz CT molecular complexity index is 452. The van der Waals surface area contributed by atoms with Crippen molar-refractivity contribution < 1.29 is 14.7 Å². The second-order valence-corrected chi connectivity index (χ2v) is 5.85. The monoisotopic (exact) mass is 272 g/mol. The number of carboxylic acids is 1. The summed E-state index contributed by atoms with van der Waals surface area (Å²) < 4.78 is 3.96. The minimum absolute atomic E-state index is 0.0564. The van der Waals surface area contributed by atoms with E-state index < -0.39 is 5.97 Å². The van der Waals surface area contributed by atoms with Crippen LogP contribution in [-0.4, -0.2) is 32.4 Å². The van der Waals surface area contributed by atoms with Crippen molar-refractivity contribution in [3.8, 4) is 0 Å². The first-order valence-corrected chi connectivity index (χ1v) is 7.04. The molecule has 2 rings (SSSR count). The summed E-state index contributed by atoms with van der Waals surface area (Å²) in [5.41, 5.74) is 0.545. The van der Waals surface area contributed by atoms with Crippen molar-refractivity contribution in [2.24, 2.45) is 0 Å². The van der Waals surface area contributed by atoms with Gasteiger partial charge in [0, 0.05) is 0 Å². The van der Waals surface area contributed by atoms with Gasteiger partial charge in [-0.25, -0.2) is 4.79 Å². The maximum Gasteiger partial charge on any atom is 0.340 e. The number of anilines is 1. The van der Waals surface area contributed by atoms with Gasteiger partial charge >= 0.3 is 5.97 Å². The molecule has 2 N–H and O–H groups in total. The number of aromatic nitrogens is 1. The number of thioether (sulfide) groups is 1. The molecule has 7 heteroatoms. The number of nitrogens with one attached hydrogen (secondary N) is 1. The summed E-state index contributed by atoms with van der Waals surface area (Å²) in [6.45, 7) is 1.62. The lowest BCUT2D eigenvalue weighted by Crippen LogP contribution is -2.23. The Morgan fingerprint density at radius 2 is 2.29 bits per heavy atom. The highest BCUT2D eigenvalue weighted by molar-refractivity contribution is 8.00. The van der Waals surface area contributed by atoms with Crippen molar-refractivity contribution >= 4 is 40.2 Å². The minimum Gasteiger partial charge on any atom is -0.478 e. The van der Waals surface area contributed by atoms with Gasteiger partial charge in [0.1, 0.15) is 10.6 Å². The molecule has 1 atom stereocenters. The number of carbonyl (C=O) groups excluding carboxylic acids is 1. The molecule has 0 aromatic carbocycles. The fourth-order valence-corrected chi connectivity index (χ4v) is 3.64. The Kier molecular flexibility index (Phi) is 3.68. The van der Waals surface area contributed by atoms with Gasteiger partial charge < -0.3 is 10.4 Å². The van der Waals surface area contributed by atoms with Gasteiger partial charge in [0.2, 0.25) is 5.91 Å². The molecule has 92 valence electrons. The summed E-state index contributed by atoms with van der Waals surface area (Å²) in [7, 11) is 0. The zero-order valence-corrected chi connectivity index (χ0v) is 10.9. The number of aryl methyl sites for hydroxylation is 1. The van der Waals surface area contributed by atoms with E-state index in [0.717, 1.165) is 30.1 Å². The van der Waals surface area contributed by atoms with Gasteiger partial charge in [0.05, 0.1) is 10.9 Å². The van der Waals surface area contributed by atoms with Crippen LogP contribution >= 0.6 is 23.3 Å². The molecular formula is C10H12N2O3S2. The van der Waals surface area contributed by atoms with Gasteiger partial charge in [-0.1, -0.05) is 0 Å². The summed E-state index contributed by atoms with van der Waals surface area (Å²) in [5, 5.41) is 12.0. The minimum atomic E-state index is -1.05. The van der Waals surface area contributed by atoms with Crippen LogP contribution in [0.15, 0.2) is 0 Å². The molecule has 1 aliphatic rings. The number of carbonyl (C=O) groups is 2. The van der Waals surface area contributed by atoms with E-state index in [1.165, 1.54) is 0 Å². The van der Waals surface area contributed by atoms with E-state index in [2.05, 4.69) is 9.69 Å². The van der Waals surface area contributed by atoms with Crippen LogP contribution in [0.4, 0.5) is 5.00 Å². The first kappa shape index (κ1) is 12.4. The fourth-order valence-electron chi connectivity index (χ4n) is 1.68. The van der Waals surface area contributed by atoms with Crippen molar-refractivity contribution in [1.82, 2.24) is 4.37 Å². The third kappa shape index (κ3) is 2.61. The van der Waals surface area contributed by atoms with Crippen LogP contribution in [0.1, 0.15) is 28.9 Å². The molecule has 0 bridgehead atoms. The zero-order valence-electron chi connectivity index (χ0n) is 9.23. The molecule has 1 aromatic heterocycles. The van der Waals surface area contributed by atoms with Crippen molar-refractivity contribution in [2.45, 2.75) is 25.0 Å². The van der Waals surface area contributed by atoms with Crippen LogP contribution in [0.2, 0.25) is 0 Å². The predicted molar refractivity (Wildman–Crippen MR) is 67.9 cm³/mol. The summed E-state index contributed by atoms with van der Waals surface area (Å²) in [4.78, 5) is 22.9. The molecule has 2 heterocycles. The molecule has 1 unspecified atom stereocenters. The lowest BCUT2D eigenvalue weighted by atomic mass is 10.2. The number of hydrogen-bond donors (Lipinski definition) is 2. The van der Waals surface area contributed by atoms with E-state index in [1.807, 2.05) is 0 Å². The highest BCUT2D eigenvalue weighted by atomic mass is 32.2. The number of carboxylic acid groups (broad SMARTS) is 1. The molecule has 1 aromatic rings. The normalized spacial score (nSPS) is 19.2. The molecule has 0 saturated carbocycles. The van der Waals surface area contributed by atoms with E-state index in [-0.39, 0.29) is 16.7 Å². The molecule has 17 heavy (non-hydrogen) atoms. The van der Waals surface area contributed by atoms with Gasteiger partial charge in [-0.15, -0.1) is 11.8 Å². The van der Waals surface area contributed by atoms with Gasteiger partial charge in [0.15, 0.2) is 0 Å². The van der Waals surface area contributed by atoms with Crippen LogP contribution in [0.5, 0.6) is 0 Å². The molecular weight excluding hydrogens is 260 g/mol. The quantitative estimate of drug-likeness (QED) is 0.879. The molecule has 5 nitrogen and oxygen atoms in total. The van der Waals surface area contributed by atoms with Crippen molar-refractivity contribution in [1.29, 1.82) is 0 Å². The third-order valence-electron chi connectivity index (χ3n) is 2.54. The standard InChI is InChI=1S/C10H12N2O3S2/c1-5-7(10(14)15)9(17-12-5)11-8(13)6-3-2-4-16-6/h6H,2-4H2,1H3,(H,11,13)(H,14,15). The first-order valence-electron chi connectivity index (χ1n) is 5.21. The number of amides is 1. The van der Waals surface area contributed by atoms with Gasteiger partial charge in [0.25, 0.3) is 0 Å². The lowest BCUT2D eigenvalue weighted by molar-refractivity contribution is -0.115. The summed E-state index contributed by atoms with van der Waals surface area (Å²) >= 11 is 2.64. The zero-order chi connectivity index (χ0) is 12.4. The second kappa shape index (κ2) is 5.05. The van der Waals surface area contributed by atoms with E-state index in [1.54, 1.807) is 18.7 Å². The molecule has 0 spiro atoms. The molecule has 1 saturated heterocycles. The first-order chi connectivity index (χ1) is 8.09. The van der Waals surface area contributed by atoms with Crippen molar-refractivity contribution in [3.05, 3.63) is 11.3 Å². The lowest BCUT2D eigenvalue weighted by Gasteiger charge is -2.08. The van der Waals surface area contributed by atoms with E-state index >= 15 is 0 Å². The smallest absolute Gasteiger partial charge is 0.340 e. The van der Waals surface area contributed by atoms with E-state index in [4.69, 9.17) is 5.11 Å². The molecule has 0 radical (unpaired) electrons. The summed E-state index contributed by atoms with van der Waals surface area (Å²) in [6, 6.07) is 0. The van der Waals surface area contributed by atoms with Gasteiger partial charge in [-0.05, 0) is 37.1 Å². The largest absolute Gasteiger partial charge is 0.478 e. The average molecular weight is 272 g/mol. The summed E-state index contributed by atoms with van der Waals surface area (Å²) in [5.74, 6) is -0.171. The second-order valence-electron chi connectivity index (χ2n) is 3.77. The number of aromatic carboxylic acids is 1. The van der Waals surface area contributed by atoms with Crippen LogP contribution in [0.3, 0.4) is 0 Å². The van der Waals surface area contributed by atoms with Crippen LogP contribution in [-0.2, 0) is 4.79 Å². The summed E-state index contributed by atoms with van der Waals surface area (Å²) in [6.07, 6.45) is 1.90. The van der Waals surface area contributed by atoms with E-state index in [9.17, 15) is 9.59 Å². The van der Waals surface area contributed by atoms with Crippen LogP contribution in [0.25, 0.3) is 0 Å².